The number of ether oxygens (including phenoxy) is 2. The van der Waals surface area contributed by atoms with Crippen LogP contribution in [0.5, 0.6) is 0 Å². The van der Waals surface area contributed by atoms with Crippen molar-refractivity contribution in [2.45, 2.75) is 130 Å². The predicted molar refractivity (Wildman–Crippen MR) is 132 cm³/mol. The average Bonchev–Trinajstić information content (AvgIpc) is 2.73. The van der Waals surface area contributed by atoms with Crippen molar-refractivity contribution in [3.63, 3.8) is 0 Å². The Morgan fingerprint density at radius 2 is 0.900 bits per heavy atom. The van der Waals surface area contributed by atoms with E-state index < -0.39 is 0 Å². The maximum Gasteiger partial charge on any atom is 0.317 e. The van der Waals surface area contributed by atoms with Crippen molar-refractivity contribution in [2.75, 3.05) is 11.5 Å². The molecule has 0 aliphatic heterocycles. The summed E-state index contributed by atoms with van der Waals surface area (Å²) in [4.78, 5) is 24.3. The van der Waals surface area contributed by atoms with Gasteiger partial charge in [-0.15, -0.1) is 0 Å². The molecule has 0 saturated heterocycles. The number of hydrogen-bond donors (Lipinski definition) is 0. The molecular formula is C24H46O4S2. The molecule has 0 heterocycles. The van der Waals surface area contributed by atoms with E-state index in [2.05, 4.69) is 27.7 Å². The van der Waals surface area contributed by atoms with Gasteiger partial charge in [-0.1, -0.05) is 101 Å². The first-order chi connectivity index (χ1) is 14.6. The van der Waals surface area contributed by atoms with Gasteiger partial charge in [0.05, 0.1) is 0 Å². The second-order valence-corrected chi connectivity index (χ2v) is 10.5. The molecule has 0 saturated carbocycles. The van der Waals surface area contributed by atoms with Crippen molar-refractivity contribution in [1.82, 2.24) is 0 Å². The summed E-state index contributed by atoms with van der Waals surface area (Å²) in [5, 5.41) is 0. The fourth-order valence-corrected chi connectivity index (χ4v) is 4.82. The third-order valence-electron chi connectivity index (χ3n) is 5.05. The molecule has 2 unspecified atom stereocenters. The zero-order chi connectivity index (χ0) is 22.5. The highest BCUT2D eigenvalue weighted by molar-refractivity contribution is 8.77. The molecule has 0 aliphatic carbocycles. The Kier molecular flexibility index (Phi) is 21.6. The predicted octanol–water partition coefficient (Wildman–Crippen LogP) is 7.73. The largest absolute Gasteiger partial charge is 0.462 e. The van der Waals surface area contributed by atoms with Crippen molar-refractivity contribution < 1.29 is 19.1 Å². The maximum absolute atomic E-state index is 12.2. The Morgan fingerprint density at radius 1 is 0.567 bits per heavy atom. The Hall–Kier alpha value is -0.360. The van der Waals surface area contributed by atoms with Gasteiger partial charge < -0.3 is 9.47 Å². The maximum atomic E-state index is 12.2. The topological polar surface area (TPSA) is 52.6 Å². The first-order valence-electron chi connectivity index (χ1n) is 12.2. The summed E-state index contributed by atoms with van der Waals surface area (Å²) in [6, 6.07) is 0. The van der Waals surface area contributed by atoms with Crippen LogP contribution >= 0.6 is 21.6 Å². The average molecular weight is 463 g/mol. The molecule has 0 aromatic heterocycles. The van der Waals surface area contributed by atoms with E-state index in [1.165, 1.54) is 47.3 Å². The van der Waals surface area contributed by atoms with Gasteiger partial charge in [0.2, 0.25) is 0 Å². The number of carbonyl (C=O) groups is 2. The molecule has 0 rings (SSSR count). The molecule has 0 bridgehead atoms. The Balaban J connectivity index is 4.11. The summed E-state index contributed by atoms with van der Waals surface area (Å²) >= 11 is 0. The SMILES string of the molecule is CCCCCC(CCCC)OC(=O)CSSCC(=O)OC(CCCC)CCCCC. The zero-order valence-corrected chi connectivity index (χ0v) is 21.6. The molecule has 0 fully saturated rings. The minimum atomic E-state index is -0.168. The fraction of sp³-hybridized carbons (Fsp3) is 0.917. The molecular weight excluding hydrogens is 416 g/mol. The van der Waals surface area contributed by atoms with Crippen molar-refractivity contribution >= 4 is 33.5 Å². The second kappa shape index (κ2) is 21.9. The van der Waals surface area contributed by atoms with Crippen LogP contribution in [0.15, 0.2) is 0 Å². The van der Waals surface area contributed by atoms with Crippen molar-refractivity contribution in [3.05, 3.63) is 0 Å². The molecule has 0 amide bonds. The molecule has 0 aromatic carbocycles. The highest BCUT2D eigenvalue weighted by Crippen LogP contribution is 2.23. The third-order valence-corrected chi connectivity index (χ3v) is 7.13. The molecule has 6 heteroatoms. The van der Waals surface area contributed by atoms with Gasteiger partial charge in [-0.25, -0.2) is 0 Å². The van der Waals surface area contributed by atoms with E-state index in [1.54, 1.807) is 0 Å². The van der Waals surface area contributed by atoms with E-state index in [0.717, 1.165) is 64.2 Å². The first kappa shape index (κ1) is 29.6. The van der Waals surface area contributed by atoms with Gasteiger partial charge in [0.25, 0.3) is 0 Å². The highest BCUT2D eigenvalue weighted by atomic mass is 33.1. The highest BCUT2D eigenvalue weighted by Gasteiger charge is 2.16. The Morgan fingerprint density at radius 3 is 1.23 bits per heavy atom. The molecule has 4 nitrogen and oxygen atoms in total. The van der Waals surface area contributed by atoms with Gasteiger partial charge in [-0.2, -0.15) is 0 Å². The molecule has 0 N–H and O–H groups in total. The standard InChI is InChI=1S/C24H46O4S2/c1-5-9-13-17-21(15-11-7-3)27-23(25)19-29-30-20-24(26)28-22(16-12-8-4)18-14-10-6-2/h21-22H,5-20H2,1-4H3. The van der Waals surface area contributed by atoms with Gasteiger partial charge in [0.15, 0.2) is 0 Å². The molecule has 2 atom stereocenters. The summed E-state index contributed by atoms with van der Waals surface area (Å²) in [7, 11) is 2.78. The number of rotatable bonds is 21. The molecule has 0 radical (unpaired) electrons. The molecule has 30 heavy (non-hydrogen) atoms. The molecule has 0 aromatic rings. The van der Waals surface area contributed by atoms with Crippen LogP contribution in [0.25, 0.3) is 0 Å². The second-order valence-electron chi connectivity index (χ2n) is 8.02. The monoisotopic (exact) mass is 462 g/mol. The number of carbonyl (C=O) groups excluding carboxylic acids is 2. The lowest BCUT2D eigenvalue weighted by molar-refractivity contribution is -0.147. The van der Waals surface area contributed by atoms with Crippen LogP contribution < -0.4 is 0 Å². The van der Waals surface area contributed by atoms with E-state index in [-0.39, 0.29) is 35.7 Å². The lowest BCUT2D eigenvalue weighted by Crippen LogP contribution is -2.20. The van der Waals surface area contributed by atoms with Gasteiger partial charge in [-0.3, -0.25) is 9.59 Å². The minimum Gasteiger partial charge on any atom is -0.462 e. The summed E-state index contributed by atoms with van der Waals surface area (Å²) in [6.45, 7) is 8.69. The number of esters is 2. The third kappa shape index (κ3) is 18.4. The number of unbranched alkanes of at least 4 members (excludes halogenated alkanes) is 6. The Bertz CT molecular complexity index is 380. The van der Waals surface area contributed by atoms with Gasteiger partial charge >= 0.3 is 11.9 Å². The van der Waals surface area contributed by atoms with E-state index in [0.29, 0.717) is 0 Å². The van der Waals surface area contributed by atoms with Crippen molar-refractivity contribution in [3.8, 4) is 0 Å². The molecule has 0 spiro atoms. The first-order valence-corrected chi connectivity index (χ1v) is 14.7. The van der Waals surface area contributed by atoms with Crippen LogP contribution in [0.3, 0.4) is 0 Å². The van der Waals surface area contributed by atoms with Crippen LogP contribution in [0.2, 0.25) is 0 Å². The van der Waals surface area contributed by atoms with Gasteiger partial charge in [-0.05, 0) is 38.5 Å². The van der Waals surface area contributed by atoms with Crippen LogP contribution in [-0.4, -0.2) is 35.7 Å². The van der Waals surface area contributed by atoms with Gasteiger partial charge in [0.1, 0.15) is 23.7 Å². The van der Waals surface area contributed by atoms with Crippen LogP contribution in [0, 0.1) is 0 Å². The summed E-state index contributed by atoms with van der Waals surface area (Å²) in [5.41, 5.74) is 0. The lowest BCUT2D eigenvalue weighted by Gasteiger charge is -2.18. The van der Waals surface area contributed by atoms with E-state index in [4.69, 9.17) is 9.47 Å². The van der Waals surface area contributed by atoms with Crippen LogP contribution in [0.1, 0.15) is 118 Å². The summed E-state index contributed by atoms with van der Waals surface area (Å²) in [6.07, 6.45) is 15.3. The summed E-state index contributed by atoms with van der Waals surface area (Å²) in [5.74, 6) is 0.228. The molecule has 0 aliphatic rings. The van der Waals surface area contributed by atoms with Crippen molar-refractivity contribution in [2.24, 2.45) is 0 Å². The van der Waals surface area contributed by atoms with E-state index in [9.17, 15) is 9.59 Å². The molecule has 178 valence electrons. The van der Waals surface area contributed by atoms with Crippen LogP contribution in [0.4, 0.5) is 0 Å². The van der Waals surface area contributed by atoms with Crippen molar-refractivity contribution in [1.29, 1.82) is 0 Å². The minimum absolute atomic E-state index is 0.0435. The van der Waals surface area contributed by atoms with Crippen LogP contribution in [-0.2, 0) is 19.1 Å². The fourth-order valence-electron chi connectivity index (χ4n) is 3.25. The normalized spacial score (nSPS) is 13.1. The zero-order valence-electron chi connectivity index (χ0n) is 19.9. The van der Waals surface area contributed by atoms with E-state index >= 15 is 0 Å². The van der Waals surface area contributed by atoms with E-state index in [1.807, 2.05) is 0 Å². The van der Waals surface area contributed by atoms with Gasteiger partial charge in [0, 0.05) is 0 Å². The quantitative estimate of drug-likeness (QED) is 0.0988. The smallest absolute Gasteiger partial charge is 0.317 e. The lowest BCUT2D eigenvalue weighted by atomic mass is 10.1. The number of hydrogen-bond acceptors (Lipinski definition) is 6. The summed E-state index contributed by atoms with van der Waals surface area (Å²) < 4.78 is 11.4. The Labute approximate surface area is 193 Å².